The number of hydrogen-bond acceptors (Lipinski definition) is 1. The molecule has 21 heavy (non-hydrogen) atoms. The van der Waals surface area contributed by atoms with Gasteiger partial charge in [-0.05, 0) is 53.4 Å². The summed E-state index contributed by atoms with van der Waals surface area (Å²) < 4.78 is 0. The molecule has 0 radical (unpaired) electrons. The summed E-state index contributed by atoms with van der Waals surface area (Å²) >= 11 is 0. The Bertz CT molecular complexity index is 598. The Kier molecular flexibility index (Phi) is 4.30. The van der Waals surface area contributed by atoms with Crippen molar-refractivity contribution in [1.29, 1.82) is 0 Å². The van der Waals surface area contributed by atoms with Gasteiger partial charge in [-0.2, -0.15) is 0 Å². The third-order valence-corrected chi connectivity index (χ3v) is 5.58. The van der Waals surface area contributed by atoms with Gasteiger partial charge in [0, 0.05) is 6.04 Å². The summed E-state index contributed by atoms with van der Waals surface area (Å²) in [4.78, 5) is 0. The highest BCUT2D eigenvalue weighted by Crippen LogP contribution is 2.35. The first kappa shape index (κ1) is 14.6. The maximum absolute atomic E-state index is 6.58. The summed E-state index contributed by atoms with van der Waals surface area (Å²) in [6.07, 6.45) is 4.95. The van der Waals surface area contributed by atoms with Crippen LogP contribution >= 0.6 is 0 Å². The molecule has 0 amide bonds. The highest BCUT2D eigenvalue weighted by atomic mass is 14.7. The maximum Gasteiger partial charge on any atom is 0.0108 e. The minimum Gasteiger partial charge on any atom is -0.327 e. The van der Waals surface area contributed by atoms with Gasteiger partial charge < -0.3 is 5.73 Å². The molecule has 1 aliphatic carbocycles. The molecule has 3 rings (SSSR count). The molecule has 4 unspecified atom stereocenters. The van der Waals surface area contributed by atoms with E-state index < -0.39 is 0 Å². The summed E-state index contributed by atoms with van der Waals surface area (Å²) in [5.41, 5.74) is 7.99. The molecule has 2 aromatic carbocycles. The zero-order chi connectivity index (χ0) is 14.8. The molecular weight excluding hydrogens is 254 g/mol. The third-order valence-electron chi connectivity index (χ3n) is 5.58. The molecule has 1 fully saturated rings. The lowest BCUT2D eigenvalue weighted by atomic mass is 9.72. The lowest BCUT2D eigenvalue weighted by Crippen LogP contribution is -2.37. The molecule has 4 atom stereocenters. The van der Waals surface area contributed by atoms with E-state index in [4.69, 9.17) is 5.73 Å². The van der Waals surface area contributed by atoms with E-state index in [1.165, 1.54) is 35.6 Å². The number of nitrogens with two attached hydrogens (primary N) is 1. The number of fused-ring (bicyclic) bond motifs is 1. The van der Waals surface area contributed by atoms with Crippen LogP contribution in [0.2, 0.25) is 0 Å². The quantitative estimate of drug-likeness (QED) is 0.860. The first-order valence-corrected chi connectivity index (χ1v) is 8.37. The van der Waals surface area contributed by atoms with Crippen LogP contribution in [0.3, 0.4) is 0 Å². The van der Waals surface area contributed by atoms with Crippen molar-refractivity contribution in [2.45, 2.75) is 45.6 Å². The van der Waals surface area contributed by atoms with Gasteiger partial charge in [-0.1, -0.05) is 62.7 Å². The fraction of sp³-hybridized carbons (Fsp3) is 0.500. The number of hydrogen-bond donors (Lipinski definition) is 1. The fourth-order valence-electron chi connectivity index (χ4n) is 3.87. The number of rotatable bonds is 3. The topological polar surface area (TPSA) is 26.0 Å². The molecule has 1 heteroatoms. The molecule has 1 saturated carbocycles. The number of benzene rings is 2. The van der Waals surface area contributed by atoms with E-state index >= 15 is 0 Å². The zero-order valence-corrected chi connectivity index (χ0v) is 13.3. The van der Waals surface area contributed by atoms with Crippen molar-refractivity contribution in [2.75, 3.05) is 0 Å². The van der Waals surface area contributed by atoms with E-state index in [1.54, 1.807) is 0 Å². The van der Waals surface area contributed by atoms with Crippen LogP contribution in [0.15, 0.2) is 42.5 Å². The fourth-order valence-corrected chi connectivity index (χ4v) is 3.87. The van der Waals surface area contributed by atoms with Gasteiger partial charge in [-0.3, -0.25) is 0 Å². The second-order valence-corrected chi connectivity index (χ2v) is 7.03. The van der Waals surface area contributed by atoms with Crippen molar-refractivity contribution < 1.29 is 0 Å². The van der Waals surface area contributed by atoms with Gasteiger partial charge in [0.1, 0.15) is 0 Å². The van der Waals surface area contributed by atoms with E-state index in [1.807, 2.05) is 0 Å². The van der Waals surface area contributed by atoms with Gasteiger partial charge in [0.05, 0.1) is 0 Å². The van der Waals surface area contributed by atoms with Gasteiger partial charge >= 0.3 is 0 Å². The van der Waals surface area contributed by atoms with Crippen LogP contribution in [0.1, 0.15) is 38.7 Å². The molecule has 0 bridgehead atoms. The van der Waals surface area contributed by atoms with Crippen LogP contribution < -0.4 is 5.73 Å². The van der Waals surface area contributed by atoms with Crippen molar-refractivity contribution in [2.24, 2.45) is 23.5 Å². The predicted molar refractivity (Wildman–Crippen MR) is 91.3 cm³/mol. The lowest BCUT2D eigenvalue weighted by Gasteiger charge is -2.35. The largest absolute Gasteiger partial charge is 0.327 e. The van der Waals surface area contributed by atoms with Crippen LogP contribution in [0, 0.1) is 17.8 Å². The second-order valence-electron chi connectivity index (χ2n) is 7.03. The van der Waals surface area contributed by atoms with Crippen LogP contribution in [0.4, 0.5) is 0 Å². The smallest absolute Gasteiger partial charge is 0.0108 e. The van der Waals surface area contributed by atoms with Crippen LogP contribution in [-0.4, -0.2) is 6.04 Å². The van der Waals surface area contributed by atoms with Crippen molar-refractivity contribution in [3.05, 3.63) is 48.0 Å². The van der Waals surface area contributed by atoms with Crippen LogP contribution in [-0.2, 0) is 6.42 Å². The van der Waals surface area contributed by atoms with E-state index in [0.717, 1.165) is 18.3 Å². The summed E-state index contributed by atoms with van der Waals surface area (Å²) in [5.74, 6) is 2.38. The van der Waals surface area contributed by atoms with E-state index in [9.17, 15) is 0 Å². The molecule has 0 spiro atoms. The maximum atomic E-state index is 6.58. The first-order chi connectivity index (χ1) is 10.1. The van der Waals surface area contributed by atoms with Crippen molar-refractivity contribution in [3.63, 3.8) is 0 Å². The molecule has 1 aliphatic rings. The molecule has 1 nitrogen and oxygen atoms in total. The zero-order valence-electron chi connectivity index (χ0n) is 13.3. The van der Waals surface area contributed by atoms with Gasteiger partial charge in [0.15, 0.2) is 0 Å². The Balaban J connectivity index is 1.76. The van der Waals surface area contributed by atoms with Crippen LogP contribution in [0.5, 0.6) is 0 Å². The third kappa shape index (κ3) is 3.13. The normalized spacial score (nSPS) is 27.7. The van der Waals surface area contributed by atoms with Crippen LogP contribution in [0.25, 0.3) is 10.8 Å². The Hall–Kier alpha value is -1.34. The van der Waals surface area contributed by atoms with Crippen molar-refractivity contribution in [3.8, 4) is 0 Å². The lowest BCUT2D eigenvalue weighted by molar-refractivity contribution is 0.185. The summed E-state index contributed by atoms with van der Waals surface area (Å²) in [7, 11) is 0. The van der Waals surface area contributed by atoms with Gasteiger partial charge in [0.25, 0.3) is 0 Å². The first-order valence-electron chi connectivity index (χ1n) is 8.37. The standard InChI is InChI=1S/C20H27N/c1-14-10-11-18(12-15(14)2)20(21)13-17-8-5-7-16-6-3-4-9-19(16)17/h3-9,14-15,18,20H,10-13,21H2,1-2H3. The minimum atomic E-state index is 0.297. The Labute approximate surface area is 128 Å². The van der Waals surface area contributed by atoms with Gasteiger partial charge in [0.2, 0.25) is 0 Å². The average molecular weight is 281 g/mol. The molecule has 0 heterocycles. The molecule has 2 N–H and O–H groups in total. The second kappa shape index (κ2) is 6.19. The Morgan fingerprint density at radius 3 is 2.57 bits per heavy atom. The highest BCUT2D eigenvalue weighted by molar-refractivity contribution is 5.85. The van der Waals surface area contributed by atoms with Gasteiger partial charge in [-0.25, -0.2) is 0 Å². The van der Waals surface area contributed by atoms with Crippen molar-refractivity contribution in [1.82, 2.24) is 0 Å². The SMILES string of the molecule is CC1CCC(C(N)Cc2cccc3ccccc23)CC1C. The molecule has 2 aromatic rings. The predicted octanol–water partition coefficient (Wildman–Crippen LogP) is 4.78. The molecule has 112 valence electrons. The van der Waals surface area contributed by atoms with E-state index in [0.29, 0.717) is 12.0 Å². The molecular formula is C20H27N. The summed E-state index contributed by atoms with van der Waals surface area (Å²) in [5, 5.41) is 2.69. The minimum absolute atomic E-state index is 0.297. The highest BCUT2D eigenvalue weighted by Gasteiger charge is 2.28. The van der Waals surface area contributed by atoms with Crippen molar-refractivity contribution >= 4 is 10.8 Å². The Morgan fingerprint density at radius 2 is 1.76 bits per heavy atom. The Morgan fingerprint density at radius 1 is 1.00 bits per heavy atom. The molecule has 0 saturated heterocycles. The van der Waals surface area contributed by atoms with E-state index in [2.05, 4.69) is 56.3 Å². The van der Waals surface area contributed by atoms with Gasteiger partial charge in [-0.15, -0.1) is 0 Å². The average Bonchev–Trinajstić information content (AvgIpc) is 2.50. The molecule has 0 aromatic heterocycles. The molecule has 0 aliphatic heterocycles. The van der Waals surface area contributed by atoms with E-state index in [-0.39, 0.29) is 0 Å². The summed E-state index contributed by atoms with van der Waals surface area (Å²) in [6, 6.07) is 15.5. The summed E-state index contributed by atoms with van der Waals surface area (Å²) in [6.45, 7) is 4.78. The monoisotopic (exact) mass is 281 g/mol.